The number of hydrogen-bond donors (Lipinski definition) is 1. The highest BCUT2D eigenvalue weighted by Crippen LogP contribution is 2.19. The van der Waals surface area contributed by atoms with Crippen LogP contribution in [0, 0.1) is 0 Å². The Bertz CT molecular complexity index is 522. The molecule has 0 bridgehead atoms. The second kappa shape index (κ2) is 7.70. The molecule has 20 heavy (non-hydrogen) atoms. The van der Waals surface area contributed by atoms with Crippen molar-refractivity contribution in [3.8, 4) is 5.75 Å². The van der Waals surface area contributed by atoms with Gasteiger partial charge in [-0.05, 0) is 26.0 Å². The molecule has 0 atom stereocenters. The summed E-state index contributed by atoms with van der Waals surface area (Å²) < 4.78 is 8.05. The summed E-state index contributed by atoms with van der Waals surface area (Å²) in [7, 11) is 0. The molecule has 0 aliphatic heterocycles. The van der Waals surface area contributed by atoms with Gasteiger partial charge in [0.05, 0.1) is 18.2 Å². The monoisotopic (exact) mass is 273 g/mol. The van der Waals surface area contributed by atoms with Crippen LogP contribution < -0.4 is 10.1 Å². The third-order valence-corrected chi connectivity index (χ3v) is 3.23. The molecule has 0 fully saturated rings. The third-order valence-electron chi connectivity index (χ3n) is 3.23. The first-order valence-electron chi connectivity index (χ1n) is 7.25. The lowest BCUT2D eigenvalue weighted by atomic mass is 10.2. The highest BCUT2D eigenvalue weighted by molar-refractivity contribution is 5.33. The number of aryl methyl sites for hydroxylation is 1. The zero-order valence-electron chi connectivity index (χ0n) is 12.3. The van der Waals surface area contributed by atoms with Crippen LogP contribution in [0.25, 0.3) is 0 Å². The fraction of sp³-hybridized carbons (Fsp3) is 0.438. The van der Waals surface area contributed by atoms with Crippen molar-refractivity contribution in [3.05, 3.63) is 48.0 Å². The molecule has 4 nitrogen and oxygen atoms in total. The van der Waals surface area contributed by atoms with E-state index in [1.165, 1.54) is 5.56 Å². The van der Waals surface area contributed by atoms with Crippen molar-refractivity contribution in [1.29, 1.82) is 0 Å². The SMILES string of the molecule is CCCNCc1ccccc1OCc1cncn1CC. The Balaban J connectivity index is 1.98. The van der Waals surface area contributed by atoms with E-state index in [-0.39, 0.29) is 0 Å². The lowest BCUT2D eigenvalue weighted by Gasteiger charge is -2.12. The Morgan fingerprint density at radius 1 is 1.25 bits per heavy atom. The molecule has 0 saturated heterocycles. The Morgan fingerprint density at radius 3 is 2.90 bits per heavy atom. The second-order valence-electron chi connectivity index (χ2n) is 4.74. The summed E-state index contributed by atoms with van der Waals surface area (Å²) in [6.07, 6.45) is 4.84. The molecule has 0 aliphatic carbocycles. The van der Waals surface area contributed by atoms with Gasteiger partial charge in [0.15, 0.2) is 0 Å². The molecular formula is C16H23N3O. The van der Waals surface area contributed by atoms with Crippen LogP contribution in [0.2, 0.25) is 0 Å². The average Bonchev–Trinajstić information content (AvgIpc) is 2.94. The third kappa shape index (κ3) is 3.84. The fourth-order valence-corrected chi connectivity index (χ4v) is 2.10. The zero-order chi connectivity index (χ0) is 14.2. The molecule has 2 aromatic rings. The summed E-state index contributed by atoms with van der Waals surface area (Å²) in [4.78, 5) is 4.16. The number of rotatable bonds is 8. The maximum atomic E-state index is 5.95. The van der Waals surface area contributed by atoms with Crippen molar-refractivity contribution in [3.63, 3.8) is 0 Å². The van der Waals surface area contributed by atoms with Gasteiger partial charge >= 0.3 is 0 Å². The van der Waals surface area contributed by atoms with Crippen LogP contribution in [-0.2, 0) is 19.7 Å². The maximum Gasteiger partial charge on any atom is 0.130 e. The van der Waals surface area contributed by atoms with Crippen LogP contribution in [0.3, 0.4) is 0 Å². The number of para-hydroxylation sites is 1. The summed E-state index contributed by atoms with van der Waals surface area (Å²) >= 11 is 0. The smallest absolute Gasteiger partial charge is 0.130 e. The van der Waals surface area contributed by atoms with Gasteiger partial charge in [0.25, 0.3) is 0 Å². The van der Waals surface area contributed by atoms with E-state index in [0.29, 0.717) is 6.61 Å². The summed E-state index contributed by atoms with van der Waals surface area (Å²) in [6, 6.07) is 8.19. The van der Waals surface area contributed by atoms with Crippen LogP contribution in [0.1, 0.15) is 31.5 Å². The normalized spacial score (nSPS) is 10.7. The van der Waals surface area contributed by atoms with E-state index in [1.807, 2.05) is 30.7 Å². The molecule has 108 valence electrons. The van der Waals surface area contributed by atoms with Gasteiger partial charge in [0, 0.05) is 18.7 Å². The van der Waals surface area contributed by atoms with Crippen LogP contribution in [0.15, 0.2) is 36.8 Å². The minimum atomic E-state index is 0.554. The first kappa shape index (κ1) is 14.6. The van der Waals surface area contributed by atoms with Crippen LogP contribution >= 0.6 is 0 Å². The standard InChI is InChI=1S/C16H23N3O/c1-3-9-17-10-14-7-5-6-8-16(14)20-12-15-11-18-13-19(15)4-2/h5-8,11,13,17H,3-4,9-10,12H2,1-2H3. The van der Waals surface area contributed by atoms with Gasteiger partial charge < -0.3 is 14.6 Å². The molecule has 0 saturated carbocycles. The van der Waals surface area contributed by atoms with E-state index in [9.17, 15) is 0 Å². The van der Waals surface area contributed by atoms with E-state index in [1.54, 1.807) is 0 Å². The van der Waals surface area contributed by atoms with Crippen molar-refractivity contribution in [1.82, 2.24) is 14.9 Å². The summed E-state index contributed by atoms with van der Waals surface area (Å²) in [5, 5.41) is 3.41. The molecule has 1 aromatic heterocycles. The van der Waals surface area contributed by atoms with Gasteiger partial charge in [0.1, 0.15) is 12.4 Å². The number of hydrogen-bond acceptors (Lipinski definition) is 3. The van der Waals surface area contributed by atoms with Crippen molar-refractivity contribution in [2.45, 2.75) is 40.0 Å². The molecule has 1 N–H and O–H groups in total. The molecule has 1 heterocycles. The van der Waals surface area contributed by atoms with Crippen LogP contribution in [0.5, 0.6) is 5.75 Å². The highest BCUT2D eigenvalue weighted by atomic mass is 16.5. The van der Waals surface area contributed by atoms with Gasteiger partial charge in [0.2, 0.25) is 0 Å². The maximum absolute atomic E-state index is 5.95. The van der Waals surface area contributed by atoms with Gasteiger partial charge in [-0.2, -0.15) is 0 Å². The molecule has 1 aromatic carbocycles. The highest BCUT2D eigenvalue weighted by Gasteiger charge is 2.05. The number of nitrogens with one attached hydrogen (secondary N) is 1. The molecule has 2 rings (SSSR count). The first-order chi connectivity index (χ1) is 9.85. The quantitative estimate of drug-likeness (QED) is 0.752. The number of nitrogens with zero attached hydrogens (tertiary/aromatic N) is 2. The molecule has 0 spiro atoms. The largest absolute Gasteiger partial charge is 0.487 e. The Labute approximate surface area is 120 Å². The van der Waals surface area contributed by atoms with E-state index in [4.69, 9.17) is 4.74 Å². The van der Waals surface area contributed by atoms with E-state index in [2.05, 4.69) is 34.8 Å². The number of aromatic nitrogens is 2. The Hall–Kier alpha value is -1.81. The van der Waals surface area contributed by atoms with E-state index < -0.39 is 0 Å². The summed E-state index contributed by atoms with van der Waals surface area (Å²) in [5.74, 6) is 0.944. The van der Waals surface area contributed by atoms with Gasteiger partial charge in [-0.25, -0.2) is 4.98 Å². The van der Waals surface area contributed by atoms with E-state index in [0.717, 1.165) is 37.5 Å². The number of benzene rings is 1. The van der Waals surface area contributed by atoms with Gasteiger partial charge in [-0.1, -0.05) is 25.1 Å². The van der Waals surface area contributed by atoms with Crippen molar-refractivity contribution in [2.24, 2.45) is 0 Å². The molecule has 4 heteroatoms. The van der Waals surface area contributed by atoms with Crippen molar-refractivity contribution < 1.29 is 4.74 Å². The van der Waals surface area contributed by atoms with Gasteiger partial charge in [-0.3, -0.25) is 0 Å². The lowest BCUT2D eigenvalue weighted by Crippen LogP contribution is -2.14. The first-order valence-corrected chi connectivity index (χ1v) is 7.25. The molecule has 0 radical (unpaired) electrons. The zero-order valence-corrected chi connectivity index (χ0v) is 12.3. The van der Waals surface area contributed by atoms with Crippen LogP contribution in [-0.4, -0.2) is 16.1 Å². The van der Waals surface area contributed by atoms with Crippen LogP contribution in [0.4, 0.5) is 0 Å². The molecule has 0 amide bonds. The Kier molecular flexibility index (Phi) is 5.62. The second-order valence-corrected chi connectivity index (χ2v) is 4.74. The molecule has 0 unspecified atom stereocenters. The fourth-order valence-electron chi connectivity index (χ4n) is 2.10. The summed E-state index contributed by atoms with van der Waals surface area (Å²) in [6.45, 7) is 7.61. The summed E-state index contributed by atoms with van der Waals surface area (Å²) in [5.41, 5.74) is 2.30. The Morgan fingerprint density at radius 2 is 2.10 bits per heavy atom. The molecular weight excluding hydrogens is 250 g/mol. The lowest BCUT2D eigenvalue weighted by molar-refractivity contribution is 0.291. The number of ether oxygens (including phenoxy) is 1. The average molecular weight is 273 g/mol. The number of imidazole rings is 1. The predicted octanol–water partition coefficient (Wildman–Crippen LogP) is 2.98. The van der Waals surface area contributed by atoms with Crippen molar-refractivity contribution >= 4 is 0 Å². The topological polar surface area (TPSA) is 39.1 Å². The minimum absolute atomic E-state index is 0.554. The predicted molar refractivity (Wildman–Crippen MR) is 80.7 cm³/mol. The van der Waals surface area contributed by atoms with Gasteiger partial charge in [-0.15, -0.1) is 0 Å². The van der Waals surface area contributed by atoms with E-state index >= 15 is 0 Å². The minimum Gasteiger partial charge on any atom is -0.487 e. The molecule has 0 aliphatic rings. The van der Waals surface area contributed by atoms with Crippen molar-refractivity contribution in [2.75, 3.05) is 6.54 Å².